The van der Waals surface area contributed by atoms with E-state index in [1.54, 1.807) is 24.3 Å². The van der Waals surface area contributed by atoms with E-state index in [4.69, 9.17) is 4.52 Å². The largest absolute Gasteiger partial charge is 0.355 e. The van der Waals surface area contributed by atoms with Crippen molar-refractivity contribution in [1.82, 2.24) is 10.1 Å². The summed E-state index contributed by atoms with van der Waals surface area (Å²) in [7, 11) is 0. The van der Waals surface area contributed by atoms with Crippen molar-refractivity contribution >= 4 is 33.3 Å². The van der Waals surface area contributed by atoms with Crippen LogP contribution in [-0.4, -0.2) is 22.0 Å². The molecule has 36 heavy (non-hydrogen) atoms. The number of nitrogens with one attached hydrogen (secondary N) is 2. The van der Waals surface area contributed by atoms with E-state index in [0.29, 0.717) is 16.3 Å². The lowest BCUT2D eigenvalue weighted by atomic mass is 10.1. The Morgan fingerprint density at radius 2 is 1.50 bits per heavy atom. The van der Waals surface area contributed by atoms with Crippen molar-refractivity contribution in [2.24, 2.45) is 0 Å². The highest BCUT2D eigenvalue weighted by atomic mass is 32.1. The molecule has 0 saturated heterocycles. The summed E-state index contributed by atoms with van der Waals surface area (Å²) in [6.45, 7) is 0. The van der Waals surface area contributed by atoms with Crippen molar-refractivity contribution in [2.75, 3.05) is 10.6 Å². The molecule has 3 aromatic carbocycles. The first-order chi connectivity index (χ1) is 17.5. The fourth-order valence-electron chi connectivity index (χ4n) is 3.34. The molecule has 0 bridgehead atoms. The van der Waals surface area contributed by atoms with E-state index in [0.717, 1.165) is 29.0 Å². The number of carbonyl (C=O) groups excluding carboxylic acids is 2. The van der Waals surface area contributed by atoms with Gasteiger partial charge in [0.25, 0.3) is 11.8 Å². The van der Waals surface area contributed by atoms with Crippen LogP contribution in [0, 0.1) is 11.6 Å². The molecule has 5 aromatic rings. The molecule has 178 valence electrons. The Balaban J connectivity index is 1.39. The van der Waals surface area contributed by atoms with E-state index in [2.05, 4.69) is 20.8 Å². The van der Waals surface area contributed by atoms with Crippen LogP contribution in [0.3, 0.4) is 0 Å². The molecule has 0 radical (unpaired) electrons. The smallest absolute Gasteiger partial charge is 0.279 e. The Morgan fingerprint density at radius 1 is 0.778 bits per heavy atom. The summed E-state index contributed by atoms with van der Waals surface area (Å²) in [5, 5.41) is 9.90. The summed E-state index contributed by atoms with van der Waals surface area (Å²) in [6.07, 6.45) is 0. The molecule has 5 rings (SSSR count). The van der Waals surface area contributed by atoms with Crippen molar-refractivity contribution in [2.45, 2.75) is 0 Å². The lowest BCUT2D eigenvalue weighted by molar-refractivity contribution is 0.101. The van der Waals surface area contributed by atoms with Crippen LogP contribution in [0.4, 0.5) is 18.9 Å². The molecular formula is C26H16F2N4O3S. The molecule has 0 aliphatic heterocycles. The minimum Gasteiger partial charge on any atom is -0.355 e. The maximum absolute atomic E-state index is 13.5. The van der Waals surface area contributed by atoms with Crippen LogP contribution in [0.15, 0.2) is 89.5 Å². The number of halogens is 2. The number of carbonyl (C=O) groups is 2. The molecule has 2 amide bonds. The Labute approximate surface area is 207 Å². The van der Waals surface area contributed by atoms with Crippen molar-refractivity contribution < 1.29 is 22.9 Å². The molecule has 0 aliphatic carbocycles. The number of amides is 2. The third-order valence-corrected chi connectivity index (χ3v) is 5.99. The number of hydrogen-bond donors (Lipinski definition) is 2. The number of benzene rings is 3. The molecule has 2 aromatic heterocycles. The van der Waals surface area contributed by atoms with Gasteiger partial charge in [0, 0.05) is 22.8 Å². The second-order valence-corrected chi connectivity index (χ2v) is 8.54. The summed E-state index contributed by atoms with van der Waals surface area (Å²) in [5.41, 5.74) is 1.86. The first kappa shape index (κ1) is 23.1. The van der Waals surface area contributed by atoms with Gasteiger partial charge in [-0.15, -0.1) is 0 Å². The average molecular weight is 503 g/mol. The Bertz CT molecular complexity index is 1550. The number of anilines is 2. The lowest BCUT2D eigenvalue weighted by Crippen LogP contribution is -2.11. The zero-order valence-electron chi connectivity index (χ0n) is 18.4. The number of hydrogen-bond acceptors (Lipinski definition) is 6. The normalized spacial score (nSPS) is 10.7. The minimum absolute atomic E-state index is 0.0823. The predicted molar refractivity (Wildman–Crippen MR) is 132 cm³/mol. The van der Waals surface area contributed by atoms with Crippen LogP contribution >= 0.6 is 11.3 Å². The van der Waals surface area contributed by atoms with Crippen LogP contribution in [-0.2, 0) is 0 Å². The molecule has 0 spiro atoms. The Kier molecular flexibility index (Phi) is 6.33. The van der Waals surface area contributed by atoms with Gasteiger partial charge in [-0.1, -0.05) is 65.0 Å². The quantitative estimate of drug-likeness (QED) is 0.286. The number of rotatable bonds is 6. The fourth-order valence-corrected chi connectivity index (χ4v) is 4.22. The molecular weight excluding hydrogens is 486 g/mol. The van der Waals surface area contributed by atoms with E-state index in [1.165, 1.54) is 12.1 Å². The maximum Gasteiger partial charge on any atom is 0.279 e. The van der Waals surface area contributed by atoms with Crippen molar-refractivity contribution in [3.63, 3.8) is 0 Å². The summed E-state index contributed by atoms with van der Waals surface area (Å²) in [6, 6.07) is 22.5. The number of nitrogens with zero attached hydrogens (tertiary/aromatic N) is 2. The third-order valence-electron chi connectivity index (χ3n) is 5.10. The van der Waals surface area contributed by atoms with Crippen molar-refractivity contribution in [3.05, 3.63) is 108 Å². The van der Waals surface area contributed by atoms with Gasteiger partial charge in [0.2, 0.25) is 0 Å². The average Bonchev–Trinajstić information content (AvgIpc) is 3.54. The first-order valence-electron chi connectivity index (χ1n) is 10.6. The third kappa shape index (κ3) is 4.89. The molecule has 7 nitrogen and oxygen atoms in total. The van der Waals surface area contributed by atoms with Crippen molar-refractivity contribution in [3.8, 4) is 22.6 Å². The molecule has 0 unspecified atom stereocenters. The van der Waals surface area contributed by atoms with Crippen LogP contribution < -0.4 is 10.6 Å². The minimum atomic E-state index is -1.05. The summed E-state index contributed by atoms with van der Waals surface area (Å²) in [5.74, 6) is -2.89. The summed E-state index contributed by atoms with van der Waals surface area (Å²) >= 11 is 1.08. The van der Waals surface area contributed by atoms with Crippen LogP contribution in [0.2, 0.25) is 0 Å². The molecule has 10 heteroatoms. The summed E-state index contributed by atoms with van der Waals surface area (Å²) in [4.78, 5) is 30.0. The van der Waals surface area contributed by atoms with Crippen LogP contribution in [0.5, 0.6) is 0 Å². The first-order valence-corrected chi connectivity index (χ1v) is 11.5. The van der Waals surface area contributed by atoms with Gasteiger partial charge in [-0.25, -0.2) is 13.8 Å². The van der Waals surface area contributed by atoms with Crippen molar-refractivity contribution in [1.29, 1.82) is 0 Å². The standard InChI is InChI=1S/C26H16F2N4O3S/c27-18-12-11-17(13-19(18)28)21-14-20(32-35-21)24(34)31-26-29-22(15-7-3-1-4-8-15)25(36-26)30-23(33)16-9-5-2-6-10-16/h1-14H,(H,30,33)(H,29,31,34). The molecule has 2 N–H and O–H groups in total. The second kappa shape index (κ2) is 9.88. The molecule has 0 fully saturated rings. The van der Waals surface area contributed by atoms with Gasteiger partial charge >= 0.3 is 0 Å². The SMILES string of the molecule is O=C(Nc1sc(NC(=O)c2cc(-c3ccc(F)c(F)c3)on2)nc1-c1ccccc1)c1ccccc1. The number of aromatic nitrogens is 2. The van der Waals surface area contributed by atoms with Crippen LogP contribution in [0.1, 0.15) is 20.8 Å². The number of thiazole rings is 1. The highest BCUT2D eigenvalue weighted by molar-refractivity contribution is 7.20. The highest BCUT2D eigenvalue weighted by Gasteiger charge is 2.20. The van der Waals surface area contributed by atoms with Gasteiger partial charge in [0.15, 0.2) is 28.2 Å². The molecule has 0 atom stereocenters. The molecule has 0 saturated carbocycles. The maximum atomic E-state index is 13.5. The van der Waals surface area contributed by atoms with E-state index < -0.39 is 17.5 Å². The van der Waals surface area contributed by atoms with Gasteiger partial charge in [-0.2, -0.15) is 0 Å². The van der Waals surface area contributed by atoms with E-state index in [9.17, 15) is 18.4 Å². The molecule has 2 heterocycles. The van der Waals surface area contributed by atoms with E-state index >= 15 is 0 Å². The monoisotopic (exact) mass is 502 g/mol. The van der Waals surface area contributed by atoms with Gasteiger partial charge in [-0.05, 0) is 30.3 Å². The Morgan fingerprint density at radius 3 is 2.22 bits per heavy atom. The van der Waals surface area contributed by atoms with E-state index in [1.807, 2.05) is 36.4 Å². The highest BCUT2D eigenvalue weighted by Crippen LogP contribution is 2.36. The zero-order valence-corrected chi connectivity index (χ0v) is 19.2. The lowest BCUT2D eigenvalue weighted by Gasteiger charge is -2.05. The second-order valence-electron chi connectivity index (χ2n) is 7.54. The van der Waals surface area contributed by atoms with Gasteiger partial charge in [-0.3, -0.25) is 14.9 Å². The Hall–Kier alpha value is -4.70. The molecule has 0 aliphatic rings. The van der Waals surface area contributed by atoms with Gasteiger partial charge in [0.05, 0.1) is 0 Å². The predicted octanol–water partition coefficient (Wildman–Crippen LogP) is 6.25. The van der Waals surface area contributed by atoms with Gasteiger partial charge < -0.3 is 9.84 Å². The van der Waals surface area contributed by atoms with Crippen LogP contribution in [0.25, 0.3) is 22.6 Å². The van der Waals surface area contributed by atoms with Gasteiger partial charge in [0.1, 0.15) is 10.7 Å². The zero-order chi connectivity index (χ0) is 25.1. The fraction of sp³-hybridized carbons (Fsp3) is 0. The summed E-state index contributed by atoms with van der Waals surface area (Å²) < 4.78 is 31.9. The van der Waals surface area contributed by atoms with E-state index in [-0.39, 0.29) is 28.1 Å². The topological polar surface area (TPSA) is 97.1 Å².